The molecule has 1 aliphatic carbocycles. The molecule has 13 heteroatoms. The monoisotopic (exact) mass is 677 g/mol. The first-order chi connectivity index (χ1) is 21.0. The van der Waals surface area contributed by atoms with Crippen molar-refractivity contribution in [1.29, 1.82) is 0 Å². The Bertz CT molecular complexity index is 1540. The maximum atomic E-state index is 13.1. The van der Waals surface area contributed by atoms with Gasteiger partial charge in [-0.2, -0.15) is 0 Å². The number of nitrogens with zero attached hydrogens (tertiary/aromatic N) is 1. The van der Waals surface area contributed by atoms with Crippen molar-refractivity contribution in [2.75, 3.05) is 17.2 Å². The lowest BCUT2D eigenvalue weighted by Crippen LogP contribution is -2.33. The first-order valence-corrected chi connectivity index (χ1v) is 15.5. The fraction of sp³-hybridized carbons (Fsp3) is 0.290. The summed E-state index contributed by atoms with van der Waals surface area (Å²) in [5.74, 6) is -1.92. The number of benzene rings is 3. The van der Waals surface area contributed by atoms with E-state index in [-0.39, 0.29) is 55.2 Å². The van der Waals surface area contributed by atoms with Crippen LogP contribution in [-0.4, -0.2) is 41.4 Å². The van der Waals surface area contributed by atoms with Crippen LogP contribution in [-0.2, 0) is 11.2 Å². The molecule has 0 heterocycles. The summed E-state index contributed by atoms with van der Waals surface area (Å²) in [7, 11) is 0. The Morgan fingerprint density at radius 3 is 2.18 bits per heavy atom. The minimum absolute atomic E-state index is 0.00857. The summed E-state index contributed by atoms with van der Waals surface area (Å²) < 4.78 is 0. The van der Waals surface area contributed by atoms with E-state index in [1.165, 1.54) is 18.6 Å². The number of hydrogen-bond donors (Lipinski definition) is 5. The average molecular weight is 679 g/mol. The fourth-order valence-corrected chi connectivity index (χ4v) is 6.09. The molecule has 1 aliphatic rings. The third-order valence-electron chi connectivity index (χ3n) is 7.24. The molecule has 44 heavy (non-hydrogen) atoms. The number of hydrogen-bond acceptors (Lipinski definition) is 4. The molecule has 0 radical (unpaired) electrons. The zero-order valence-corrected chi connectivity index (χ0v) is 26.5. The van der Waals surface area contributed by atoms with Gasteiger partial charge in [-0.25, -0.2) is 9.79 Å². The van der Waals surface area contributed by atoms with Crippen molar-refractivity contribution in [3.05, 3.63) is 91.4 Å². The van der Waals surface area contributed by atoms with Gasteiger partial charge in [0.15, 0.2) is 12.0 Å². The number of nitrogens with one attached hydrogen (secondary N) is 3. The van der Waals surface area contributed by atoms with Gasteiger partial charge in [-0.3, -0.25) is 9.59 Å². The molecule has 0 saturated heterocycles. The number of carbonyl (C=O) groups excluding carboxylic acids is 2. The van der Waals surface area contributed by atoms with E-state index >= 15 is 0 Å². The van der Waals surface area contributed by atoms with Crippen LogP contribution >= 0.6 is 46.4 Å². The Labute approximate surface area is 275 Å². The van der Waals surface area contributed by atoms with E-state index in [4.69, 9.17) is 52.1 Å². The van der Waals surface area contributed by atoms with Crippen LogP contribution in [0.1, 0.15) is 58.4 Å². The van der Waals surface area contributed by atoms with Crippen molar-refractivity contribution in [3.8, 4) is 0 Å². The van der Waals surface area contributed by atoms with Crippen LogP contribution in [0.15, 0.2) is 59.6 Å². The second-order valence-corrected chi connectivity index (χ2v) is 12.1. The first kappa shape index (κ1) is 33.4. The summed E-state index contributed by atoms with van der Waals surface area (Å²) in [6.07, 6.45) is 5.62. The van der Waals surface area contributed by atoms with Crippen LogP contribution in [0.2, 0.25) is 20.1 Å². The van der Waals surface area contributed by atoms with Gasteiger partial charge in [0.2, 0.25) is 0 Å². The predicted molar refractivity (Wildman–Crippen MR) is 177 cm³/mol. The van der Waals surface area contributed by atoms with Gasteiger partial charge >= 0.3 is 5.97 Å². The minimum Gasteiger partial charge on any atom is -0.480 e. The molecule has 1 fully saturated rings. The maximum absolute atomic E-state index is 13.1. The highest BCUT2D eigenvalue weighted by Crippen LogP contribution is 2.31. The van der Waals surface area contributed by atoms with Crippen LogP contribution < -0.4 is 21.7 Å². The Morgan fingerprint density at radius 1 is 0.886 bits per heavy atom. The first-order valence-electron chi connectivity index (χ1n) is 14.0. The normalized spacial score (nSPS) is 14.5. The average Bonchev–Trinajstić information content (AvgIpc) is 2.98. The highest BCUT2D eigenvalue weighted by Gasteiger charge is 2.22. The molecule has 0 spiro atoms. The summed E-state index contributed by atoms with van der Waals surface area (Å²) in [5, 5.41) is 19.1. The Kier molecular flexibility index (Phi) is 11.7. The van der Waals surface area contributed by atoms with E-state index in [0.717, 1.165) is 25.7 Å². The SMILES string of the molecule is NC(=N[C@@H](Cc1ccc(NC(=O)c2c(Cl)cccc2Cl)cc1)C(=O)O)Nc1c(Cl)cc(Cl)cc1C(=O)NCC1CCCCC1. The molecule has 0 aliphatic heterocycles. The third-order valence-corrected chi connectivity index (χ3v) is 8.39. The van der Waals surface area contributed by atoms with E-state index in [1.54, 1.807) is 42.5 Å². The maximum Gasteiger partial charge on any atom is 0.328 e. The number of rotatable bonds is 10. The number of aliphatic imine (C=N–C) groups is 1. The fourth-order valence-electron chi connectivity index (χ4n) is 4.98. The number of amides is 2. The van der Waals surface area contributed by atoms with Gasteiger partial charge in [0.05, 0.1) is 31.9 Å². The zero-order chi connectivity index (χ0) is 31.8. The van der Waals surface area contributed by atoms with E-state index in [2.05, 4.69) is 20.9 Å². The van der Waals surface area contributed by atoms with Gasteiger partial charge in [0.1, 0.15) is 0 Å². The quantitative estimate of drug-likeness (QED) is 0.112. The number of carboxylic acids is 1. The third kappa shape index (κ3) is 9.01. The van der Waals surface area contributed by atoms with Crippen LogP contribution in [0.25, 0.3) is 0 Å². The van der Waals surface area contributed by atoms with Gasteiger partial charge in [0, 0.05) is 23.7 Å². The molecule has 0 aromatic heterocycles. The topological polar surface area (TPSA) is 146 Å². The van der Waals surface area contributed by atoms with E-state index in [9.17, 15) is 19.5 Å². The summed E-state index contributed by atoms with van der Waals surface area (Å²) in [5.41, 5.74) is 7.66. The molecule has 3 aromatic carbocycles. The summed E-state index contributed by atoms with van der Waals surface area (Å²) >= 11 is 24.8. The molecule has 4 rings (SSSR count). The number of halogens is 4. The van der Waals surface area contributed by atoms with Crippen molar-refractivity contribution in [2.45, 2.75) is 44.6 Å². The number of nitrogens with two attached hydrogens (primary N) is 1. The van der Waals surface area contributed by atoms with Gasteiger partial charge in [0.25, 0.3) is 11.8 Å². The molecule has 0 bridgehead atoms. The van der Waals surface area contributed by atoms with E-state index in [0.29, 0.717) is 23.7 Å². The van der Waals surface area contributed by atoms with Crippen LogP contribution in [0.3, 0.4) is 0 Å². The largest absolute Gasteiger partial charge is 0.480 e. The summed E-state index contributed by atoms with van der Waals surface area (Å²) in [6, 6.07) is 13.0. The smallest absolute Gasteiger partial charge is 0.328 e. The van der Waals surface area contributed by atoms with Crippen LogP contribution in [0.4, 0.5) is 11.4 Å². The lowest BCUT2D eigenvalue weighted by atomic mass is 9.89. The molecule has 6 N–H and O–H groups in total. The summed E-state index contributed by atoms with van der Waals surface area (Å²) in [4.78, 5) is 42.0. The van der Waals surface area contributed by atoms with Gasteiger partial charge < -0.3 is 26.8 Å². The predicted octanol–water partition coefficient (Wildman–Crippen LogP) is 7.29. The number of carbonyl (C=O) groups is 3. The highest BCUT2D eigenvalue weighted by atomic mass is 35.5. The molecule has 1 atom stereocenters. The Morgan fingerprint density at radius 2 is 1.55 bits per heavy atom. The van der Waals surface area contributed by atoms with Crippen molar-refractivity contribution < 1.29 is 19.5 Å². The van der Waals surface area contributed by atoms with Gasteiger partial charge in [-0.1, -0.05) is 83.9 Å². The lowest BCUT2D eigenvalue weighted by Gasteiger charge is -2.22. The zero-order valence-electron chi connectivity index (χ0n) is 23.5. The Balaban J connectivity index is 1.44. The molecule has 1 saturated carbocycles. The number of guanidine groups is 1. The lowest BCUT2D eigenvalue weighted by molar-refractivity contribution is -0.138. The van der Waals surface area contributed by atoms with Crippen molar-refractivity contribution >= 4 is 81.5 Å². The molecule has 2 amide bonds. The molecule has 3 aromatic rings. The van der Waals surface area contributed by atoms with Gasteiger partial charge in [-0.05, 0) is 60.7 Å². The van der Waals surface area contributed by atoms with Crippen molar-refractivity contribution in [2.24, 2.45) is 16.6 Å². The number of aliphatic carboxylic acids is 1. The number of carboxylic acid groups (broad SMARTS) is 1. The highest BCUT2D eigenvalue weighted by molar-refractivity contribution is 6.40. The van der Waals surface area contributed by atoms with E-state index in [1.807, 2.05) is 0 Å². The van der Waals surface area contributed by atoms with E-state index < -0.39 is 17.9 Å². The standard InChI is InChI=1S/C31H31Cl4N5O4/c32-19-14-21(28(41)37-16-18-5-2-1-3-6-18)27(24(35)15-19)40-31(36)39-25(30(43)44)13-17-9-11-20(12-10-17)38-29(42)26-22(33)7-4-8-23(26)34/h4,7-12,14-15,18,25H,1-3,5-6,13,16H2,(H,37,41)(H,38,42)(H,43,44)(H3,36,39,40)/t25-/m0/s1. The minimum atomic E-state index is -1.26. The molecule has 9 nitrogen and oxygen atoms in total. The summed E-state index contributed by atoms with van der Waals surface area (Å²) in [6.45, 7) is 0.531. The molecule has 0 unspecified atom stereocenters. The van der Waals surface area contributed by atoms with Crippen LogP contribution in [0, 0.1) is 5.92 Å². The van der Waals surface area contributed by atoms with Crippen molar-refractivity contribution in [1.82, 2.24) is 5.32 Å². The van der Waals surface area contributed by atoms with Crippen molar-refractivity contribution in [3.63, 3.8) is 0 Å². The molecule has 232 valence electrons. The molecular weight excluding hydrogens is 648 g/mol. The molecular formula is C31H31Cl4N5O4. The second-order valence-electron chi connectivity index (χ2n) is 10.5. The van der Waals surface area contributed by atoms with Gasteiger partial charge in [-0.15, -0.1) is 0 Å². The second kappa shape index (κ2) is 15.5. The van der Waals surface area contributed by atoms with Crippen LogP contribution in [0.5, 0.6) is 0 Å². The number of anilines is 2. The Hall–Kier alpha value is -3.50.